The van der Waals surface area contributed by atoms with Gasteiger partial charge in [0.1, 0.15) is 0 Å². The summed E-state index contributed by atoms with van der Waals surface area (Å²) in [5.74, 6) is 0.570. The Bertz CT molecular complexity index is 862. The van der Waals surface area contributed by atoms with Gasteiger partial charge in [0, 0.05) is 32.9 Å². The van der Waals surface area contributed by atoms with Crippen LogP contribution in [0.25, 0.3) is 5.57 Å². The highest BCUT2D eigenvalue weighted by molar-refractivity contribution is 6.13. The molecule has 6 heteroatoms. The molecule has 2 aromatic rings. The van der Waals surface area contributed by atoms with Crippen LogP contribution in [0.1, 0.15) is 35.5 Å². The van der Waals surface area contributed by atoms with Crippen molar-refractivity contribution in [2.75, 3.05) is 14.1 Å². The molecule has 0 radical (unpaired) electrons. The fraction of sp³-hybridized carbons (Fsp3) is 0.316. The minimum Gasteiger partial charge on any atom is -0.383 e. The number of nitrogens with zero attached hydrogens (tertiary/aromatic N) is 5. The zero-order valence-electron chi connectivity index (χ0n) is 15.3. The molecule has 25 heavy (non-hydrogen) atoms. The van der Waals surface area contributed by atoms with E-state index in [2.05, 4.69) is 35.2 Å². The van der Waals surface area contributed by atoms with Crippen molar-refractivity contribution < 1.29 is 4.84 Å². The Morgan fingerprint density at radius 3 is 2.80 bits per heavy atom. The first-order chi connectivity index (χ1) is 12.0. The fourth-order valence-electron chi connectivity index (χ4n) is 2.98. The van der Waals surface area contributed by atoms with Crippen molar-refractivity contribution in [1.82, 2.24) is 14.8 Å². The molecule has 2 heterocycles. The molecule has 130 valence electrons. The lowest BCUT2D eigenvalue weighted by molar-refractivity contribution is -0.0572. The summed E-state index contributed by atoms with van der Waals surface area (Å²) in [7, 11) is 5.55. The normalized spacial score (nSPS) is 18.7. The van der Waals surface area contributed by atoms with Gasteiger partial charge in [0.2, 0.25) is 5.90 Å². The smallest absolute Gasteiger partial charge is 0.246 e. The van der Waals surface area contributed by atoms with Crippen molar-refractivity contribution in [2.24, 2.45) is 17.0 Å². The molecular weight excluding hydrogens is 314 g/mol. The lowest BCUT2D eigenvalue weighted by Gasteiger charge is -2.16. The predicted octanol–water partition coefficient (Wildman–Crippen LogP) is 3.15. The van der Waals surface area contributed by atoms with E-state index in [-0.39, 0.29) is 6.17 Å². The predicted molar refractivity (Wildman–Crippen MR) is 101 cm³/mol. The SMILES string of the molecule is C/C=C(\C=NC)c1c(C2=NC(c3cccc(C)c3)N(C)O2)cnn1C. The maximum Gasteiger partial charge on any atom is 0.246 e. The van der Waals surface area contributed by atoms with Crippen LogP contribution in [0, 0.1) is 6.92 Å². The highest BCUT2D eigenvalue weighted by atomic mass is 16.7. The highest BCUT2D eigenvalue weighted by Gasteiger charge is 2.30. The van der Waals surface area contributed by atoms with Crippen molar-refractivity contribution >= 4 is 17.7 Å². The van der Waals surface area contributed by atoms with E-state index >= 15 is 0 Å². The summed E-state index contributed by atoms with van der Waals surface area (Å²) in [5, 5.41) is 6.15. The Balaban J connectivity index is 2.02. The summed E-state index contributed by atoms with van der Waals surface area (Å²) in [5.41, 5.74) is 5.07. The van der Waals surface area contributed by atoms with Crippen LogP contribution in [-0.2, 0) is 11.9 Å². The summed E-state index contributed by atoms with van der Waals surface area (Å²) in [6.07, 6.45) is 5.44. The number of hydrogen-bond acceptors (Lipinski definition) is 5. The Labute approximate surface area is 148 Å². The van der Waals surface area contributed by atoms with Gasteiger partial charge in [-0.2, -0.15) is 5.10 Å². The number of aryl methyl sites for hydroxylation is 2. The van der Waals surface area contributed by atoms with Gasteiger partial charge in [-0.05, 0) is 19.4 Å². The molecule has 3 rings (SSSR count). The number of aromatic nitrogens is 2. The molecule has 0 saturated heterocycles. The molecule has 1 aliphatic rings. The number of hydroxylamine groups is 2. The van der Waals surface area contributed by atoms with Gasteiger partial charge in [-0.25, -0.2) is 4.99 Å². The first kappa shape index (κ1) is 17.1. The highest BCUT2D eigenvalue weighted by Crippen LogP contribution is 2.30. The zero-order chi connectivity index (χ0) is 18.0. The van der Waals surface area contributed by atoms with Gasteiger partial charge in [-0.3, -0.25) is 9.67 Å². The minimum absolute atomic E-state index is 0.170. The standard InChI is InChI=1S/C19H23N5O/c1-6-14(11-20-3)17-16(12-21-23(17)4)19-22-18(24(5)25-19)15-9-7-8-13(2)10-15/h6-12,18H,1-5H3/b14-6+,20-11?. The molecular formula is C19H23N5O. The Morgan fingerprint density at radius 1 is 1.32 bits per heavy atom. The van der Waals surface area contributed by atoms with E-state index in [0.717, 1.165) is 22.4 Å². The molecule has 1 aromatic heterocycles. The van der Waals surface area contributed by atoms with Crippen LogP contribution in [0.3, 0.4) is 0 Å². The van der Waals surface area contributed by atoms with Gasteiger partial charge in [0.25, 0.3) is 0 Å². The van der Waals surface area contributed by atoms with Gasteiger partial charge in [-0.1, -0.05) is 35.9 Å². The molecule has 0 spiro atoms. The molecule has 0 fully saturated rings. The summed E-state index contributed by atoms with van der Waals surface area (Å²) >= 11 is 0. The van der Waals surface area contributed by atoms with Gasteiger partial charge in [0.15, 0.2) is 6.17 Å². The van der Waals surface area contributed by atoms with E-state index in [1.165, 1.54) is 5.56 Å². The van der Waals surface area contributed by atoms with E-state index in [0.29, 0.717) is 5.90 Å². The van der Waals surface area contributed by atoms with Crippen molar-refractivity contribution in [3.8, 4) is 0 Å². The minimum atomic E-state index is -0.170. The summed E-state index contributed by atoms with van der Waals surface area (Å²) < 4.78 is 1.82. The third-order valence-electron chi connectivity index (χ3n) is 4.18. The zero-order valence-corrected chi connectivity index (χ0v) is 15.3. The second-order valence-electron chi connectivity index (χ2n) is 6.02. The van der Waals surface area contributed by atoms with E-state index in [9.17, 15) is 0 Å². The monoisotopic (exact) mass is 337 g/mol. The van der Waals surface area contributed by atoms with Crippen LogP contribution >= 0.6 is 0 Å². The fourth-order valence-corrected chi connectivity index (χ4v) is 2.98. The van der Waals surface area contributed by atoms with Crippen molar-refractivity contribution in [3.05, 3.63) is 58.9 Å². The molecule has 0 aliphatic carbocycles. The molecule has 1 aliphatic heterocycles. The number of hydrogen-bond donors (Lipinski definition) is 0. The van der Waals surface area contributed by atoms with E-state index < -0.39 is 0 Å². The number of allylic oxidation sites excluding steroid dienone is 2. The van der Waals surface area contributed by atoms with E-state index in [4.69, 9.17) is 9.83 Å². The Kier molecular flexibility index (Phi) is 4.81. The second-order valence-corrected chi connectivity index (χ2v) is 6.02. The molecule has 0 amide bonds. The quantitative estimate of drug-likeness (QED) is 0.805. The molecule has 0 saturated carbocycles. The Morgan fingerprint density at radius 2 is 2.12 bits per heavy atom. The molecule has 1 atom stereocenters. The average molecular weight is 337 g/mol. The molecule has 0 bridgehead atoms. The van der Waals surface area contributed by atoms with E-state index in [1.54, 1.807) is 18.3 Å². The number of aliphatic imine (C=N–C) groups is 2. The summed E-state index contributed by atoms with van der Waals surface area (Å²) in [6, 6.07) is 8.31. The topological polar surface area (TPSA) is 55.0 Å². The van der Waals surface area contributed by atoms with Gasteiger partial charge >= 0.3 is 0 Å². The lowest BCUT2D eigenvalue weighted by atomic mass is 10.1. The average Bonchev–Trinajstić information content (AvgIpc) is 3.15. The number of rotatable bonds is 4. The maximum absolute atomic E-state index is 5.94. The number of benzene rings is 1. The first-order valence-corrected chi connectivity index (χ1v) is 8.21. The van der Waals surface area contributed by atoms with Crippen molar-refractivity contribution in [1.29, 1.82) is 0 Å². The summed E-state index contributed by atoms with van der Waals surface area (Å²) in [4.78, 5) is 14.9. The molecule has 6 nitrogen and oxygen atoms in total. The Hall–Kier alpha value is -2.73. The summed E-state index contributed by atoms with van der Waals surface area (Å²) in [6.45, 7) is 4.05. The van der Waals surface area contributed by atoms with Crippen LogP contribution in [0.5, 0.6) is 0 Å². The largest absolute Gasteiger partial charge is 0.383 e. The first-order valence-electron chi connectivity index (χ1n) is 8.21. The molecule has 1 aromatic carbocycles. The van der Waals surface area contributed by atoms with Crippen molar-refractivity contribution in [2.45, 2.75) is 20.0 Å². The molecule has 1 unspecified atom stereocenters. The maximum atomic E-state index is 5.94. The van der Waals surface area contributed by atoms with Gasteiger partial charge in [-0.15, -0.1) is 5.06 Å². The van der Waals surface area contributed by atoms with Crippen LogP contribution in [0.2, 0.25) is 0 Å². The van der Waals surface area contributed by atoms with Crippen LogP contribution in [0.15, 0.2) is 46.5 Å². The molecule has 0 N–H and O–H groups in total. The third kappa shape index (κ3) is 3.25. The van der Waals surface area contributed by atoms with E-state index in [1.807, 2.05) is 44.1 Å². The van der Waals surface area contributed by atoms with Gasteiger partial charge in [0.05, 0.1) is 17.5 Å². The third-order valence-corrected chi connectivity index (χ3v) is 4.18. The van der Waals surface area contributed by atoms with Gasteiger partial charge < -0.3 is 4.84 Å². The second kappa shape index (κ2) is 7.03. The lowest BCUT2D eigenvalue weighted by Crippen LogP contribution is -2.19. The van der Waals surface area contributed by atoms with Crippen LogP contribution in [-0.4, -0.2) is 41.1 Å². The van der Waals surface area contributed by atoms with Crippen molar-refractivity contribution in [3.63, 3.8) is 0 Å². The van der Waals surface area contributed by atoms with Crippen LogP contribution in [0.4, 0.5) is 0 Å². The van der Waals surface area contributed by atoms with Crippen LogP contribution < -0.4 is 0 Å².